The Bertz CT molecular complexity index is 1560. The number of carboxylic acid groups (broad SMARTS) is 1. The van der Waals surface area contributed by atoms with E-state index in [0.29, 0.717) is 25.1 Å². The van der Waals surface area contributed by atoms with E-state index in [9.17, 15) is 24.3 Å². The molecule has 0 spiro atoms. The van der Waals surface area contributed by atoms with Crippen LogP contribution in [0.2, 0.25) is 0 Å². The van der Waals surface area contributed by atoms with Crippen molar-refractivity contribution in [1.82, 2.24) is 30.9 Å². The molecule has 4 aromatic rings. The highest BCUT2D eigenvalue weighted by Gasteiger charge is 2.31. The number of imidazole rings is 1. The number of aromatic nitrogens is 3. The molecule has 4 atom stereocenters. The maximum absolute atomic E-state index is 13.6. The topological polar surface area (TPSA) is 221 Å². The molecule has 0 aliphatic carbocycles. The molecule has 0 aliphatic heterocycles. The molecule has 0 saturated carbocycles. The fourth-order valence-corrected chi connectivity index (χ4v) is 5.09. The highest BCUT2D eigenvalue weighted by atomic mass is 16.4. The van der Waals surface area contributed by atoms with Gasteiger partial charge in [-0.25, -0.2) is 9.78 Å². The lowest BCUT2D eigenvalue weighted by atomic mass is 10.0. The largest absolute Gasteiger partial charge is 0.480 e. The predicted octanol–water partition coefficient (Wildman–Crippen LogP) is 0.914. The van der Waals surface area contributed by atoms with Crippen molar-refractivity contribution in [2.24, 2.45) is 11.5 Å². The molecule has 4 rings (SSSR count). The van der Waals surface area contributed by atoms with Crippen LogP contribution in [0.25, 0.3) is 10.9 Å². The van der Waals surface area contributed by atoms with Crippen molar-refractivity contribution in [1.29, 1.82) is 0 Å². The minimum atomic E-state index is -1.23. The Morgan fingerprint density at radius 2 is 1.49 bits per heavy atom. The molecule has 0 radical (unpaired) electrons. The zero-order valence-corrected chi connectivity index (χ0v) is 24.9. The molecular weight excluding hydrogens is 576 g/mol. The summed E-state index contributed by atoms with van der Waals surface area (Å²) < 4.78 is 0. The highest BCUT2D eigenvalue weighted by molar-refractivity contribution is 5.94. The number of hydrogen-bond donors (Lipinski definition) is 8. The molecule has 2 aromatic heterocycles. The van der Waals surface area contributed by atoms with Crippen LogP contribution >= 0.6 is 0 Å². The SMILES string of the molecule is NCCCCC(NC(=O)C(N)Cc1c[nH]c2ccccc12)C(=O)NC(Cc1cnc[nH]1)C(=O)NC(Cc1ccccc1)C(=O)O. The number of carbonyl (C=O) groups is 4. The van der Waals surface area contributed by atoms with E-state index in [-0.39, 0.29) is 25.7 Å². The third-order valence-electron chi connectivity index (χ3n) is 7.54. The molecule has 2 heterocycles. The first kappa shape index (κ1) is 32.9. The number of para-hydroxylation sites is 1. The van der Waals surface area contributed by atoms with Gasteiger partial charge in [0, 0.05) is 41.8 Å². The van der Waals surface area contributed by atoms with Gasteiger partial charge < -0.3 is 42.5 Å². The second kappa shape index (κ2) is 16.2. The van der Waals surface area contributed by atoms with Gasteiger partial charge in [-0.15, -0.1) is 0 Å². The van der Waals surface area contributed by atoms with Gasteiger partial charge in [-0.05, 0) is 49.4 Å². The normalized spacial score (nSPS) is 13.8. The number of nitrogens with two attached hydrogens (primary N) is 2. The van der Waals surface area contributed by atoms with Crippen LogP contribution in [0.4, 0.5) is 0 Å². The van der Waals surface area contributed by atoms with Crippen molar-refractivity contribution in [2.45, 2.75) is 62.7 Å². The smallest absolute Gasteiger partial charge is 0.326 e. The Morgan fingerprint density at radius 1 is 0.800 bits per heavy atom. The molecular formula is C32H40N8O5. The first-order valence-corrected chi connectivity index (χ1v) is 14.9. The minimum absolute atomic E-state index is 0.0127. The number of fused-ring (bicyclic) bond motifs is 1. The fraction of sp³-hybridized carbons (Fsp3) is 0.344. The molecule has 2 aromatic carbocycles. The lowest BCUT2D eigenvalue weighted by molar-refractivity contribution is -0.142. The lowest BCUT2D eigenvalue weighted by Gasteiger charge is -2.25. The van der Waals surface area contributed by atoms with Gasteiger partial charge in [-0.1, -0.05) is 48.5 Å². The fourth-order valence-electron chi connectivity index (χ4n) is 5.09. The van der Waals surface area contributed by atoms with E-state index in [1.807, 2.05) is 36.5 Å². The van der Waals surface area contributed by atoms with E-state index >= 15 is 0 Å². The Labute approximate surface area is 260 Å². The third kappa shape index (κ3) is 9.49. The van der Waals surface area contributed by atoms with Crippen LogP contribution in [0.15, 0.2) is 73.3 Å². The number of nitrogens with one attached hydrogen (secondary N) is 5. The monoisotopic (exact) mass is 616 g/mol. The number of unbranched alkanes of at least 4 members (excludes halogenated alkanes) is 1. The molecule has 13 heteroatoms. The third-order valence-corrected chi connectivity index (χ3v) is 7.54. The van der Waals surface area contributed by atoms with Crippen LogP contribution in [0.3, 0.4) is 0 Å². The van der Waals surface area contributed by atoms with E-state index in [1.54, 1.807) is 24.3 Å². The van der Waals surface area contributed by atoms with Crippen LogP contribution in [0.1, 0.15) is 36.1 Å². The maximum Gasteiger partial charge on any atom is 0.326 e. The second-order valence-corrected chi connectivity index (χ2v) is 10.9. The summed E-state index contributed by atoms with van der Waals surface area (Å²) in [6.07, 6.45) is 6.50. The van der Waals surface area contributed by atoms with Crippen LogP contribution < -0.4 is 27.4 Å². The standard InChI is InChI=1S/C32H40N8O5/c33-13-7-6-12-26(38-29(41)24(34)15-21-17-36-25-11-5-4-10-23(21)25)30(42)39-27(16-22-18-35-19-37-22)31(43)40-28(32(44)45)14-20-8-2-1-3-9-20/h1-5,8-11,17-19,24,26-28,36H,6-7,12-16,33-34H2,(H,35,37)(H,38,41)(H,39,42)(H,40,43)(H,44,45). The number of rotatable bonds is 17. The summed E-state index contributed by atoms with van der Waals surface area (Å²) >= 11 is 0. The molecule has 13 nitrogen and oxygen atoms in total. The van der Waals surface area contributed by atoms with Crippen LogP contribution in [-0.4, -0.2) is 74.5 Å². The van der Waals surface area contributed by atoms with Crippen molar-refractivity contribution < 1.29 is 24.3 Å². The second-order valence-electron chi connectivity index (χ2n) is 10.9. The van der Waals surface area contributed by atoms with Crippen LogP contribution in [0.5, 0.6) is 0 Å². The number of carboxylic acids is 1. The van der Waals surface area contributed by atoms with E-state index in [1.165, 1.54) is 12.5 Å². The summed E-state index contributed by atoms with van der Waals surface area (Å²) in [6.45, 7) is 0.408. The highest BCUT2D eigenvalue weighted by Crippen LogP contribution is 2.19. The first-order chi connectivity index (χ1) is 21.7. The summed E-state index contributed by atoms with van der Waals surface area (Å²) in [5.41, 5.74) is 15.0. The van der Waals surface area contributed by atoms with Gasteiger partial charge in [-0.3, -0.25) is 14.4 Å². The molecule has 10 N–H and O–H groups in total. The molecule has 0 bridgehead atoms. The molecule has 3 amide bonds. The first-order valence-electron chi connectivity index (χ1n) is 14.9. The number of H-pyrrole nitrogens is 2. The number of benzene rings is 2. The predicted molar refractivity (Wildman–Crippen MR) is 169 cm³/mol. The minimum Gasteiger partial charge on any atom is -0.480 e. The van der Waals surface area contributed by atoms with Crippen molar-refractivity contribution >= 4 is 34.6 Å². The van der Waals surface area contributed by atoms with E-state index in [2.05, 4.69) is 30.9 Å². The lowest BCUT2D eigenvalue weighted by Crippen LogP contribution is -2.58. The molecule has 238 valence electrons. The summed E-state index contributed by atoms with van der Waals surface area (Å²) in [4.78, 5) is 62.4. The van der Waals surface area contributed by atoms with E-state index in [4.69, 9.17) is 11.5 Å². The van der Waals surface area contributed by atoms with Gasteiger partial charge in [0.1, 0.15) is 18.1 Å². The van der Waals surface area contributed by atoms with Gasteiger partial charge in [0.05, 0.1) is 12.4 Å². The zero-order chi connectivity index (χ0) is 32.2. The van der Waals surface area contributed by atoms with Crippen LogP contribution in [-0.2, 0) is 38.4 Å². The Hall–Kier alpha value is -5.01. The van der Waals surface area contributed by atoms with Gasteiger partial charge in [0.15, 0.2) is 0 Å². The van der Waals surface area contributed by atoms with Gasteiger partial charge in [0.25, 0.3) is 0 Å². The number of carbonyl (C=O) groups excluding carboxylic acids is 3. The Morgan fingerprint density at radius 3 is 2.20 bits per heavy atom. The van der Waals surface area contributed by atoms with E-state index in [0.717, 1.165) is 22.0 Å². The van der Waals surface area contributed by atoms with Crippen molar-refractivity contribution in [3.8, 4) is 0 Å². The zero-order valence-electron chi connectivity index (χ0n) is 24.9. The molecule has 0 fully saturated rings. The summed E-state index contributed by atoms with van der Waals surface area (Å²) in [5.74, 6) is -3.02. The number of aliphatic carboxylic acids is 1. The average molecular weight is 617 g/mol. The number of hydrogen-bond acceptors (Lipinski definition) is 7. The number of nitrogens with zero attached hydrogens (tertiary/aromatic N) is 1. The van der Waals surface area contributed by atoms with Crippen molar-refractivity contribution in [3.05, 3.63) is 90.1 Å². The van der Waals surface area contributed by atoms with Gasteiger partial charge >= 0.3 is 5.97 Å². The molecule has 4 unspecified atom stereocenters. The number of amides is 3. The summed E-state index contributed by atoms with van der Waals surface area (Å²) in [7, 11) is 0. The Kier molecular flexibility index (Phi) is 11.8. The summed E-state index contributed by atoms with van der Waals surface area (Å²) in [6, 6.07) is 12.2. The average Bonchev–Trinajstić information content (AvgIpc) is 3.70. The molecule has 0 saturated heterocycles. The Balaban J connectivity index is 1.47. The molecule has 0 aliphatic rings. The van der Waals surface area contributed by atoms with Crippen LogP contribution in [0, 0.1) is 0 Å². The summed E-state index contributed by atoms with van der Waals surface area (Å²) in [5, 5.41) is 18.8. The van der Waals surface area contributed by atoms with E-state index < -0.39 is 47.9 Å². The van der Waals surface area contributed by atoms with Crippen molar-refractivity contribution in [3.63, 3.8) is 0 Å². The van der Waals surface area contributed by atoms with Gasteiger partial charge in [-0.2, -0.15) is 0 Å². The molecule has 45 heavy (non-hydrogen) atoms. The number of aromatic amines is 2. The quantitative estimate of drug-likeness (QED) is 0.0795. The maximum atomic E-state index is 13.6. The van der Waals surface area contributed by atoms with Gasteiger partial charge in [0.2, 0.25) is 17.7 Å². The van der Waals surface area contributed by atoms with Crippen molar-refractivity contribution in [2.75, 3.05) is 6.54 Å².